The number of rotatable bonds is 4. The highest BCUT2D eigenvalue weighted by Crippen LogP contribution is 2.23. The highest BCUT2D eigenvalue weighted by atomic mass is 35.5. The SMILES string of the molecule is CC(Oc1ccc(Cl)cc1C(=O)O)C(=O)O. The van der Waals surface area contributed by atoms with Crippen LogP contribution in [0.2, 0.25) is 5.02 Å². The summed E-state index contributed by atoms with van der Waals surface area (Å²) in [7, 11) is 0. The van der Waals surface area contributed by atoms with Crippen LogP contribution in [0.3, 0.4) is 0 Å². The van der Waals surface area contributed by atoms with Gasteiger partial charge in [-0.2, -0.15) is 0 Å². The molecule has 0 aliphatic rings. The van der Waals surface area contributed by atoms with Crippen molar-refractivity contribution < 1.29 is 24.5 Å². The molecule has 1 atom stereocenters. The molecule has 16 heavy (non-hydrogen) atoms. The standard InChI is InChI=1S/C10H9ClO5/c1-5(9(12)13)16-8-3-2-6(11)4-7(8)10(14)15/h2-5H,1H3,(H,12,13)(H,14,15). The normalized spacial score (nSPS) is 11.9. The maximum absolute atomic E-state index is 10.8. The fraction of sp³-hybridized carbons (Fsp3) is 0.200. The summed E-state index contributed by atoms with van der Waals surface area (Å²) in [6.45, 7) is 1.31. The Morgan fingerprint density at radius 3 is 2.50 bits per heavy atom. The van der Waals surface area contributed by atoms with Crippen LogP contribution < -0.4 is 4.74 Å². The number of carboxylic acid groups (broad SMARTS) is 2. The molecule has 1 rings (SSSR count). The zero-order chi connectivity index (χ0) is 12.3. The molecular formula is C10H9ClO5. The van der Waals surface area contributed by atoms with Gasteiger partial charge in [0, 0.05) is 5.02 Å². The van der Waals surface area contributed by atoms with Crippen molar-refractivity contribution in [2.24, 2.45) is 0 Å². The number of halogens is 1. The molecule has 6 heteroatoms. The molecule has 0 bridgehead atoms. The fourth-order valence-electron chi connectivity index (χ4n) is 1.01. The van der Waals surface area contributed by atoms with Crippen LogP contribution in [-0.2, 0) is 4.79 Å². The number of hydrogen-bond acceptors (Lipinski definition) is 3. The lowest BCUT2D eigenvalue weighted by molar-refractivity contribution is -0.144. The molecule has 0 amide bonds. The van der Waals surface area contributed by atoms with Crippen LogP contribution in [-0.4, -0.2) is 28.3 Å². The summed E-state index contributed by atoms with van der Waals surface area (Å²) in [6.07, 6.45) is -1.13. The van der Waals surface area contributed by atoms with E-state index in [1.54, 1.807) is 0 Å². The van der Waals surface area contributed by atoms with Gasteiger partial charge >= 0.3 is 11.9 Å². The highest BCUT2D eigenvalue weighted by Gasteiger charge is 2.18. The Hall–Kier alpha value is -1.75. The van der Waals surface area contributed by atoms with Gasteiger partial charge in [0.25, 0.3) is 0 Å². The first-order valence-corrected chi connectivity index (χ1v) is 4.72. The third-order valence-corrected chi connectivity index (χ3v) is 2.06. The lowest BCUT2D eigenvalue weighted by atomic mass is 10.2. The van der Waals surface area contributed by atoms with Crippen molar-refractivity contribution in [1.29, 1.82) is 0 Å². The fourth-order valence-corrected chi connectivity index (χ4v) is 1.19. The van der Waals surface area contributed by atoms with E-state index in [4.69, 9.17) is 26.6 Å². The van der Waals surface area contributed by atoms with Gasteiger partial charge in [0.1, 0.15) is 11.3 Å². The van der Waals surface area contributed by atoms with E-state index in [0.29, 0.717) is 0 Å². The molecule has 0 aliphatic carbocycles. The lowest BCUT2D eigenvalue weighted by Crippen LogP contribution is -2.23. The molecule has 0 radical (unpaired) electrons. The van der Waals surface area contributed by atoms with Crippen molar-refractivity contribution in [3.05, 3.63) is 28.8 Å². The van der Waals surface area contributed by atoms with E-state index in [1.165, 1.54) is 25.1 Å². The minimum atomic E-state index is -1.23. The molecule has 1 unspecified atom stereocenters. The van der Waals surface area contributed by atoms with Gasteiger partial charge < -0.3 is 14.9 Å². The van der Waals surface area contributed by atoms with E-state index in [1.807, 2.05) is 0 Å². The van der Waals surface area contributed by atoms with E-state index in [0.717, 1.165) is 0 Å². The van der Waals surface area contributed by atoms with Crippen LogP contribution in [0.5, 0.6) is 5.75 Å². The average molecular weight is 245 g/mol. The van der Waals surface area contributed by atoms with Gasteiger partial charge in [-0.05, 0) is 25.1 Å². The van der Waals surface area contributed by atoms with Crippen molar-refractivity contribution in [3.8, 4) is 5.75 Å². The van der Waals surface area contributed by atoms with E-state index in [2.05, 4.69) is 0 Å². The molecule has 5 nitrogen and oxygen atoms in total. The molecule has 0 spiro atoms. The second-order valence-corrected chi connectivity index (χ2v) is 3.48. The predicted octanol–water partition coefficient (Wildman–Crippen LogP) is 1.89. The monoisotopic (exact) mass is 244 g/mol. The largest absolute Gasteiger partial charge is 0.479 e. The minimum absolute atomic E-state index is 0.0215. The van der Waals surface area contributed by atoms with Crippen LogP contribution in [0.15, 0.2) is 18.2 Å². The Labute approximate surface area is 96.2 Å². The summed E-state index contributed by atoms with van der Waals surface area (Å²) in [6, 6.07) is 3.96. The van der Waals surface area contributed by atoms with E-state index >= 15 is 0 Å². The van der Waals surface area contributed by atoms with Crippen molar-refractivity contribution >= 4 is 23.5 Å². The summed E-state index contributed by atoms with van der Waals surface area (Å²) in [4.78, 5) is 21.4. The quantitative estimate of drug-likeness (QED) is 0.845. The number of benzene rings is 1. The van der Waals surface area contributed by atoms with Crippen LogP contribution >= 0.6 is 11.6 Å². The van der Waals surface area contributed by atoms with Crippen molar-refractivity contribution in [3.63, 3.8) is 0 Å². The van der Waals surface area contributed by atoms with Crippen molar-refractivity contribution in [1.82, 2.24) is 0 Å². The molecule has 86 valence electrons. The Balaban J connectivity index is 3.04. The molecular weight excluding hydrogens is 236 g/mol. The van der Waals surface area contributed by atoms with E-state index in [-0.39, 0.29) is 16.3 Å². The number of hydrogen-bond donors (Lipinski definition) is 2. The molecule has 0 fully saturated rings. The lowest BCUT2D eigenvalue weighted by Gasteiger charge is -2.12. The average Bonchev–Trinajstić information content (AvgIpc) is 2.20. The first-order chi connectivity index (χ1) is 7.41. The smallest absolute Gasteiger partial charge is 0.344 e. The van der Waals surface area contributed by atoms with Gasteiger partial charge in [0.15, 0.2) is 6.10 Å². The zero-order valence-corrected chi connectivity index (χ0v) is 9.06. The number of aliphatic carboxylic acids is 1. The van der Waals surface area contributed by atoms with Gasteiger partial charge in [0.2, 0.25) is 0 Å². The van der Waals surface area contributed by atoms with Crippen molar-refractivity contribution in [2.75, 3.05) is 0 Å². The van der Waals surface area contributed by atoms with Crippen molar-refractivity contribution in [2.45, 2.75) is 13.0 Å². The molecule has 1 aromatic rings. The Morgan fingerprint density at radius 1 is 1.38 bits per heavy atom. The Kier molecular flexibility index (Phi) is 3.73. The zero-order valence-electron chi connectivity index (χ0n) is 8.31. The summed E-state index contributed by atoms with van der Waals surface area (Å²) in [5.74, 6) is -2.42. The third-order valence-electron chi connectivity index (χ3n) is 1.82. The second kappa shape index (κ2) is 4.85. The van der Waals surface area contributed by atoms with Gasteiger partial charge in [-0.3, -0.25) is 0 Å². The molecule has 0 saturated heterocycles. The predicted molar refractivity (Wildman–Crippen MR) is 56.1 cm³/mol. The molecule has 0 saturated carbocycles. The maximum Gasteiger partial charge on any atom is 0.344 e. The highest BCUT2D eigenvalue weighted by molar-refractivity contribution is 6.31. The van der Waals surface area contributed by atoms with Gasteiger partial charge in [0.05, 0.1) is 0 Å². The van der Waals surface area contributed by atoms with Crippen LogP contribution in [0.1, 0.15) is 17.3 Å². The molecule has 0 aliphatic heterocycles. The number of ether oxygens (including phenoxy) is 1. The minimum Gasteiger partial charge on any atom is -0.479 e. The number of carboxylic acids is 2. The third kappa shape index (κ3) is 2.87. The Bertz CT molecular complexity index is 429. The Morgan fingerprint density at radius 2 is 2.00 bits per heavy atom. The summed E-state index contributed by atoms with van der Waals surface area (Å²) in [5.41, 5.74) is -0.166. The summed E-state index contributed by atoms with van der Waals surface area (Å²) < 4.78 is 4.98. The van der Waals surface area contributed by atoms with Crippen LogP contribution in [0, 0.1) is 0 Å². The van der Waals surface area contributed by atoms with E-state index in [9.17, 15) is 9.59 Å². The number of carbonyl (C=O) groups is 2. The summed E-state index contributed by atoms with van der Waals surface area (Å²) >= 11 is 5.62. The topological polar surface area (TPSA) is 83.8 Å². The van der Waals surface area contributed by atoms with E-state index < -0.39 is 18.0 Å². The van der Waals surface area contributed by atoms with Gasteiger partial charge in [-0.1, -0.05) is 11.6 Å². The maximum atomic E-state index is 10.8. The summed E-state index contributed by atoms with van der Waals surface area (Å²) in [5, 5.41) is 17.7. The molecule has 1 aromatic carbocycles. The van der Waals surface area contributed by atoms with Gasteiger partial charge in [-0.25, -0.2) is 9.59 Å². The first kappa shape index (κ1) is 12.3. The van der Waals surface area contributed by atoms with Crippen LogP contribution in [0.25, 0.3) is 0 Å². The van der Waals surface area contributed by atoms with Crippen LogP contribution in [0.4, 0.5) is 0 Å². The molecule has 0 heterocycles. The second-order valence-electron chi connectivity index (χ2n) is 3.04. The first-order valence-electron chi connectivity index (χ1n) is 4.34. The molecule has 0 aromatic heterocycles. The molecule has 2 N–H and O–H groups in total. The number of aromatic carboxylic acids is 1. The van der Waals surface area contributed by atoms with Gasteiger partial charge in [-0.15, -0.1) is 0 Å².